The molecule has 0 radical (unpaired) electrons. The van der Waals surface area contributed by atoms with Crippen molar-refractivity contribution in [3.05, 3.63) is 59.4 Å². The molecule has 0 spiro atoms. The summed E-state index contributed by atoms with van der Waals surface area (Å²) >= 11 is 0. The topological polar surface area (TPSA) is 32.8 Å². The Kier molecular flexibility index (Phi) is 5.48. The number of carbonyl (C=O) groups is 1. The van der Waals surface area contributed by atoms with Gasteiger partial charge in [0.2, 0.25) is 5.82 Å². The van der Waals surface area contributed by atoms with E-state index in [4.69, 9.17) is 4.74 Å². The van der Waals surface area contributed by atoms with Crippen LogP contribution in [0.3, 0.4) is 0 Å². The normalized spacial score (nSPS) is 14.4. The summed E-state index contributed by atoms with van der Waals surface area (Å²) in [5.41, 5.74) is -0.973. The second-order valence-corrected chi connectivity index (χ2v) is 5.89. The standard InChI is InChI=1S/C18H15F5N2O2/c19-13-14(20)16(22)18(17(23)15(13)21)25-8-6-24(7-9-25)12(26)10-27-11-4-2-1-3-5-11/h1-5H,6-10H2. The van der Waals surface area contributed by atoms with Gasteiger partial charge in [0.25, 0.3) is 5.91 Å². The maximum atomic E-state index is 13.9. The van der Waals surface area contributed by atoms with Crippen molar-refractivity contribution >= 4 is 11.6 Å². The lowest BCUT2D eigenvalue weighted by Gasteiger charge is -2.36. The Balaban J connectivity index is 1.63. The van der Waals surface area contributed by atoms with Crippen LogP contribution < -0.4 is 9.64 Å². The molecule has 1 fully saturated rings. The molecule has 0 aromatic heterocycles. The molecule has 1 aliphatic rings. The average Bonchev–Trinajstić information content (AvgIpc) is 2.70. The molecule has 9 heteroatoms. The van der Waals surface area contributed by atoms with Crippen molar-refractivity contribution < 1.29 is 31.5 Å². The molecule has 1 saturated heterocycles. The fourth-order valence-corrected chi connectivity index (χ4v) is 2.80. The fraction of sp³-hybridized carbons (Fsp3) is 0.278. The lowest BCUT2D eigenvalue weighted by atomic mass is 10.2. The molecule has 0 atom stereocenters. The molecular weight excluding hydrogens is 371 g/mol. The Morgan fingerprint density at radius 2 is 1.33 bits per heavy atom. The van der Waals surface area contributed by atoms with Crippen LogP contribution in [0.5, 0.6) is 5.75 Å². The number of nitrogens with zero attached hydrogens (tertiary/aromatic N) is 2. The predicted octanol–water partition coefficient (Wildman–Crippen LogP) is 3.11. The van der Waals surface area contributed by atoms with Crippen molar-refractivity contribution in [3.8, 4) is 5.75 Å². The molecule has 1 amide bonds. The lowest BCUT2D eigenvalue weighted by molar-refractivity contribution is -0.133. The predicted molar refractivity (Wildman–Crippen MR) is 87.0 cm³/mol. The average molecular weight is 386 g/mol. The van der Waals surface area contributed by atoms with E-state index in [-0.39, 0.29) is 38.7 Å². The highest BCUT2D eigenvalue weighted by Crippen LogP contribution is 2.30. The number of anilines is 1. The first-order chi connectivity index (χ1) is 12.9. The van der Waals surface area contributed by atoms with Gasteiger partial charge in [-0.25, -0.2) is 22.0 Å². The Labute approximate surface area is 151 Å². The third kappa shape index (κ3) is 3.81. The number of piperazine rings is 1. The summed E-state index contributed by atoms with van der Waals surface area (Å²) in [6.07, 6.45) is 0. The molecule has 2 aromatic rings. The number of carbonyl (C=O) groups excluding carboxylic acids is 1. The van der Waals surface area contributed by atoms with Gasteiger partial charge in [0.1, 0.15) is 11.4 Å². The molecule has 1 heterocycles. The molecule has 0 N–H and O–H groups in total. The second-order valence-electron chi connectivity index (χ2n) is 5.89. The molecule has 0 aliphatic carbocycles. The van der Waals surface area contributed by atoms with Crippen LogP contribution in [0, 0.1) is 29.1 Å². The molecule has 2 aromatic carbocycles. The summed E-state index contributed by atoms with van der Waals surface area (Å²) in [7, 11) is 0. The fourth-order valence-electron chi connectivity index (χ4n) is 2.80. The van der Waals surface area contributed by atoms with Gasteiger partial charge in [0, 0.05) is 26.2 Å². The highest BCUT2D eigenvalue weighted by atomic mass is 19.2. The zero-order valence-corrected chi connectivity index (χ0v) is 14.0. The number of hydrogen-bond donors (Lipinski definition) is 0. The van der Waals surface area contributed by atoms with E-state index < -0.39 is 34.8 Å². The van der Waals surface area contributed by atoms with Gasteiger partial charge in [0.05, 0.1) is 0 Å². The van der Waals surface area contributed by atoms with E-state index in [0.29, 0.717) is 5.75 Å². The number of benzene rings is 2. The van der Waals surface area contributed by atoms with Crippen molar-refractivity contribution in [2.24, 2.45) is 0 Å². The number of ether oxygens (including phenoxy) is 1. The molecule has 4 nitrogen and oxygen atoms in total. The van der Waals surface area contributed by atoms with Gasteiger partial charge >= 0.3 is 0 Å². The van der Waals surface area contributed by atoms with E-state index in [9.17, 15) is 26.7 Å². The quantitative estimate of drug-likeness (QED) is 0.460. The molecule has 0 saturated carbocycles. The Morgan fingerprint density at radius 3 is 1.89 bits per heavy atom. The first-order valence-electron chi connectivity index (χ1n) is 8.12. The van der Waals surface area contributed by atoms with E-state index in [2.05, 4.69) is 0 Å². The summed E-state index contributed by atoms with van der Waals surface area (Å²) in [5, 5.41) is 0. The monoisotopic (exact) mass is 386 g/mol. The molecule has 0 bridgehead atoms. The zero-order chi connectivity index (χ0) is 19.6. The Hall–Kier alpha value is -2.84. The summed E-state index contributed by atoms with van der Waals surface area (Å²) in [5.74, 6) is -9.74. The minimum atomic E-state index is -2.19. The number of hydrogen-bond acceptors (Lipinski definition) is 3. The maximum Gasteiger partial charge on any atom is 0.260 e. The number of para-hydroxylation sites is 1. The number of rotatable bonds is 4. The van der Waals surface area contributed by atoms with Crippen LogP contribution in [-0.2, 0) is 4.79 Å². The summed E-state index contributed by atoms with van der Waals surface area (Å²) < 4.78 is 73.0. The van der Waals surface area contributed by atoms with Crippen molar-refractivity contribution in [3.63, 3.8) is 0 Å². The van der Waals surface area contributed by atoms with Crippen LogP contribution in [-0.4, -0.2) is 43.6 Å². The highest BCUT2D eigenvalue weighted by molar-refractivity contribution is 5.78. The first kappa shape index (κ1) is 18.9. The number of halogens is 5. The highest BCUT2D eigenvalue weighted by Gasteiger charge is 2.31. The lowest BCUT2D eigenvalue weighted by Crippen LogP contribution is -2.50. The van der Waals surface area contributed by atoms with Crippen LogP contribution in [0.4, 0.5) is 27.6 Å². The number of amides is 1. The van der Waals surface area contributed by atoms with E-state index in [1.54, 1.807) is 30.3 Å². The maximum absolute atomic E-state index is 13.9. The van der Waals surface area contributed by atoms with Gasteiger partial charge in [-0.15, -0.1) is 0 Å². The van der Waals surface area contributed by atoms with Gasteiger partial charge in [-0.1, -0.05) is 18.2 Å². The van der Waals surface area contributed by atoms with Crippen molar-refractivity contribution in [2.75, 3.05) is 37.7 Å². The van der Waals surface area contributed by atoms with E-state index in [1.807, 2.05) is 0 Å². The summed E-state index contributed by atoms with van der Waals surface area (Å²) in [6, 6.07) is 8.68. The van der Waals surface area contributed by atoms with Crippen LogP contribution >= 0.6 is 0 Å². The molecule has 144 valence electrons. The summed E-state index contributed by atoms with van der Waals surface area (Å²) in [4.78, 5) is 14.6. The molecular formula is C18H15F5N2O2. The van der Waals surface area contributed by atoms with Crippen LogP contribution in [0.1, 0.15) is 0 Å². The van der Waals surface area contributed by atoms with Crippen LogP contribution in [0.2, 0.25) is 0 Å². The summed E-state index contributed by atoms with van der Waals surface area (Å²) in [6.45, 7) is -0.232. The van der Waals surface area contributed by atoms with Gasteiger partial charge in [-0.05, 0) is 12.1 Å². The third-order valence-electron chi connectivity index (χ3n) is 4.24. The molecule has 3 rings (SSSR count). The second kappa shape index (κ2) is 7.81. The minimum absolute atomic E-state index is 0.0659. The van der Waals surface area contributed by atoms with Gasteiger partial charge < -0.3 is 14.5 Å². The minimum Gasteiger partial charge on any atom is -0.484 e. The first-order valence-corrected chi connectivity index (χ1v) is 8.12. The third-order valence-corrected chi connectivity index (χ3v) is 4.24. The zero-order valence-electron chi connectivity index (χ0n) is 14.0. The van der Waals surface area contributed by atoms with Gasteiger partial charge in [-0.2, -0.15) is 0 Å². The van der Waals surface area contributed by atoms with Crippen LogP contribution in [0.15, 0.2) is 30.3 Å². The van der Waals surface area contributed by atoms with E-state index in [0.717, 1.165) is 4.90 Å². The Bertz CT molecular complexity index is 810. The van der Waals surface area contributed by atoms with Gasteiger partial charge in [-0.3, -0.25) is 4.79 Å². The van der Waals surface area contributed by atoms with E-state index in [1.165, 1.54) is 4.90 Å². The van der Waals surface area contributed by atoms with Crippen molar-refractivity contribution in [1.29, 1.82) is 0 Å². The van der Waals surface area contributed by atoms with Crippen molar-refractivity contribution in [2.45, 2.75) is 0 Å². The molecule has 0 unspecified atom stereocenters. The largest absolute Gasteiger partial charge is 0.484 e. The van der Waals surface area contributed by atoms with E-state index >= 15 is 0 Å². The molecule has 1 aliphatic heterocycles. The smallest absolute Gasteiger partial charge is 0.260 e. The van der Waals surface area contributed by atoms with Crippen LogP contribution in [0.25, 0.3) is 0 Å². The Morgan fingerprint density at radius 1 is 0.815 bits per heavy atom. The molecule has 27 heavy (non-hydrogen) atoms. The van der Waals surface area contributed by atoms with Crippen molar-refractivity contribution in [1.82, 2.24) is 4.90 Å². The van der Waals surface area contributed by atoms with Gasteiger partial charge in [0.15, 0.2) is 29.9 Å². The SMILES string of the molecule is O=C(COc1ccccc1)N1CCN(c2c(F)c(F)c(F)c(F)c2F)CC1.